The summed E-state index contributed by atoms with van der Waals surface area (Å²) in [4.78, 5) is 6.63. The zero-order valence-electron chi connectivity index (χ0n) is 20.5. The molecule has 0 radical (unpaired) electrons. The van der Waals surface area contributed by atoms with Gasteiger partial charge in [0.25, 0.3) is 0 Å². The Morgan fingerprint density at radius 2 is 1.68 bits per heavy atom. The molecule has 0 atom stereocenters. The van der Waals surface area contributed by atoms with Crippen molar-refractivity contribution in [1.29, 1.82) is 0 Å². The molecule has 0 bridgehead atoms. The van der Waals surface area contributed by atoms with Gasteiger partial charge in [-0.2, -0.15) is 0 Å². The molecule has 6 nitrogen and oxygen atoms in total. The Kier molecular flexibility index (Phi) is 9.55. The molecule has 34 heavy (non-hydrogen) atoms. The minimum Gasteiger partial charge on any atom is -0.355 e. The lowest BCUT2D eigenvalue weighted by Crippen LogP contribution is -2.22. The molecular weight excluding hydrogens is 420 g/mol. The standard InChI is InChI=1S/C26H28N6.C2H6/c1-3-31(4-2)19-25-20-32(30-29-25)26-10-7-9-24(18-26)28-23-15-12-21(13-16-23)11-14-22-8-5-6-17-27-22;1-2/h5-18,20,28H,3-4,19H2,1-2H3;1-2H3/b14-11+;. The molecule has 0 fully saturated rings. The van der Waals surface area contributed by atoms with Gasteiger partial charge in [0, 0.05) is 24.1 Å². The SMILES string of the molecule is CC.CCN(CC)Cc1cn(-c2cccc(Nc3ccc(/C=C/c4ccccn4)cc3)c2)nn1. The maximum absolute atomic E-state index is 4.33. The van der Waals surface area contributed by atoms with Crippen molar-refractivity contribution in [2.75, 3.05) is 18.4 Å². The van der Waals surface area contributed by atoms with Gasteiger partial charge in [0.05, 0.1) is 23.3 Å². The highest BCUT2D eigenvalue weighted by Gasteiger charge is 2.07. The van der Waals surface area contributed by atoms with Gasteiger partial charge in [0.15, 0.2) is 0 Å². The van der Waals surface area contributed by atoms with E-state index in [1.54, 1.807) is 6.20 Å². The zero-order chi connectivity index (χ0) is 24.2. The number of anilines is 2. The third-order valence-electron chi connectivity index (χ3n) is 5.27. The van der Waals surface area contributed by atoms with Gasteiger partial charge in [0.1, 0.15) is 0 Å². The number of pyridine rings is 1. The van der Waals surface area contributed by atoms with Gasteiger partial charge in [-0.15, -0.1) is 5.10 Å². The van der Waals surface area contributed by atoms with E-state index in [1.165, 1.54) is 0 Å². The molecule has 0 aliphatic carbocycles. The second-order valence-corrected chi connectivity index (χ2v) is 7.50. The molecule has 0 aliphatic rings. The molecule has 0 spiro atoms. The third-order valence-corrected chi connectivity index (χ3v) is 5.27. The predicted octanol–water partition coefficient (Wildman–Crippen LogP) is 6.44. The summed E-state index contributed by atoms with van der Waals surface area (Å²) in [6.07, 6.45) is 7.87. The van der Waals surface area contributed by atoms with Gasteiger partial charge in [-0.25, -0.2) is 4.68 Å². The Hall–Kier alpha value is -3.77. The molecule has 0 saturated heterocycles. The number of benzene rings is 2. The van der Waals surface area contributed by atoms with E-state index in [-0.39, 0.29) is 0 Å². The number of rotatable bonds is 9. The van der Waals surface area contributed by atoms with Gasteiger partial charge in [-0.05, 0) is 67.2 Å². The van der Waals surface area contributed by atoms with Crippen LogP contribution in [0.25, 0.3) is 17.8 Å². The van der Waals surface area contributed by atoms with E-state index in [2.05, 4.69) is 75.8 Å². The van der Waals surface area contributed by atoms with E-state index in [0.717, 1.165) is 53.6 Å². The van der Waals surface area contributed by atoms with Crippen LogP contribution in [0, 0.1) is 0 Å². The third kappa shape index (κ3) is 7.12. The van der Waals surface area contributed by atoms with E-state index in [4.69, 9.17) is 0 Å². The number of hydrogen-bond donors (Lipinski definition) is 1. The average molecular weight is 455 g/mol. The Morgan fingerprint density at radius 1 is 0.882 bits per heavy atom. The summed E-state index contributed by atoms with van der Waals surface area (Å²) in [5.74, 6) is 0. The Bertz CT molecular complexity index is 1150. The smallest absolute Gasteiger partial charge is 0.0971 e. The lowest BCUT2D eigenvalue weighted by atomic mass is 10.1. The fourth-order valence-electron chi connectivity index (χ4n) is 3.40. The monoisotopic (exact) mass is 454 g/mol. The van der Waals surface area contributed by atoms with E-state index >= 15 is 0 Å². The van der Waals surface area contributed by atoms with Gasteiger partial charge in [0.2, 0.25) is 0 Å². The Labute approximate surface area is 203 Å². The molecule has 2 heterocycles. The highest BCUT2D eigenvalue weighted by molar-refractivity contribution is 5.70. The highest BCUT2D eigenvalue weighted by atomic mass is 15.4. The second-order valence-electron chi connectivity index (χ2n) is 7.50. The van der Waals surface area contributed by atoms with Crippen molar-refractivity contribution < 1.29 is 0 Å². The van der Waals surface area contributed by atoms with E-state index in [1.807, 2.05) is 67.2 Å². The molecular formula is C28H34N6. The van der Waals surface area contributed by atoms with Crippen molar-refractivity contribution in [2.45, 2.75) is 34.2 Å². The number of aromatic nitrogens is 4. The average Bonchev–Trinajstić information content (AvgIpc) is 3.37. The number of nitrogens with one attached hydrogen (secondary N) is 1. The van der Waals surface area contributed by atoms with Crippen LogP contribution in [0.3, 0.4) is 0 Å². The van der Waals surface area contributed by atoms with Gasteiger partial charge in [-0.3, -0.25) is 9.88 Å². The van der Waals surface area contributed by atoms with Crippen LogP contribution in [0.2, 0.25) is 0 Å². The summed E-state index contributed by atoms with van der Waals surface area (Å²) in [5.41, 5.74) is 6.04. The number of nitrogens with zero attached hydrogens (tertiary/aromatic N) is 5. The van der Waals surface area contributed by atoms with Crippen LogP contribution in [0.4, 0.5) is 11.4 Å². The van der Waals surface area contributed by atoms with E-state index in [0.29, 0.717) is 0 Å². The maximum atomic E-state index is 4.33. The zero-order valence-corrected chi connectivity index (χ0v) is 20.5. The van der Waals surface area contributed by atoms with Crippen LogP contribution in [-0.2, 0) is 6.54 Å². The molecule has 0 saturated carbocycles. The predicted molar refractivity (Wildman–Crippen MR) is 142 cm³/mol. The first-order chi connectivity index (χ1) is 16.7. The fourth-order valence-corrected chi connectivity index (χ4v) is 3.40. The minimum atomic E-state index is 0.812. The molecule has 0 aliphatic heterocycles. The van der Waals surface area contributed by atoms with Crippen LogP contribution in [0.1, 0.15) is 44.6 Å². The summed E-state index contributed by atoms with van der Waals surface area (Å²) in [6, 6.07) is 22.4. The normalized spacial score (nSPS) is 10.9. The van der Waals surface area contributed by atoms with Crippen LogP contribution >= 0.6 is 0 Å². The van der Waals surface area contributed by atoms with Crippen molar-refractivity contribution in [3.63, 3.8) is 0 Å². The molecule has 4 aromatic rings. The largest absolute Gasteiger partial charge is 0.355 e. The molecule has 4 rings (SSSR count). The first-order valence-electron chi connectivity index (χ1n) is 11.9. The maximum Gasteiger partial charge on any atom is 0.0971 e. The molecule has 1 N–H and O–H groups in total. The first kappa shape index (κ1) is 24.9. The van der Waals surface area contributed by atoms with Crippen molar-refractivity contribution in [2.24, 2.45) is 0 Å². The molecule has 2 aromatic carbocycles. The molecule has 6 heteroatoms. The van der Waals surface area contributed by atoms with Crippen molar-refractivity contribution in [3.8, 4) is 5.69 Å². The van der Waals surface area contributed by atoms with Gasteiger partial charge >= 0.3 is 0 Å². The minimum absolute atomic E-state index is 0.812. The summed E-state index contributed by atoms with van der Waals surface area (Å²) < 4.78 is 1.83. The van der Waals surface area contributed by atoms with E-state index in [9.17, 15) is 0 Å². The lowest BCUT2D eigenvalue weighted by molar-refractivity contribution is 0.292. The van der Waals surface area contributed by atoms with E-state index < -0.39 is 0 Å². The first-order valence-corrected chi connectivity index (χ1v) is 11.9. The van der Waals surface area contributed by atoms with Crippen LogP contribution in [0.5, 0.6) is 0 Å². The topological polar surface area (TPSA) is 58.9 Å². The van der Waals surface area contributed by atoms with Crippen molar-refractivity contribution >= 4 is 23.5 Å². The quantitative estimate of drug-likeness (QED) is 0.315. The molecule has 0 amide bonds. The fraction of sp³-hybridized carbons (Fsp3) is 0.250. The Balaban J connectivity index is 0.00000158. The summed E-state index contributed by atoms with van der Waals surface area (Å²) in [6.45, 7) is 11.1. The lowest BCUT2D eigenvalue weighted by Gasteiger charge is -2.15. The second kappa shape index (κ2) is 13.1. The van der Waals surface area contributed by atoms with Gasteiger partial charge < -0.3 is 5.32 Å². The molecule has 176 valence electrons. The summed E-state index contributed by atoms with van der Waals surface area (Å²) in [7, 11) is 0. The Morgan fingerprint density at radius 3 is 2.38 bits per heavy atom. The van der Waals surface area contributed by atoms with Gasteiger partial charge in [-0.1, -0.05) is 63.2 Å². The number of hydrogen-bond acceptors (Lipinski definition) is 5. The summed E-state index contributed by atoms with van der Waals surface area (Å²) in [5, 5.41) is 12.1. The summed E-state index contributed by atoms with van der Waals surface area (Å²) >= 11 is 0. The van der Waals surface area contributed by atoms with Crippen LogP contribution in [0.15, 0.2) is 79.1 Å². The van der Waals surface area contributed by atoms with Crippen molar-refractivity contribution in [1.82, 2.24) is 24.9 Å². The molecule has 2 aromatic heterocycles. The van der Waals surface area contributed by atoms with Crippen LogP contribution < -0.4 is 5.32 Å². The van der Waals surface area contributed by atoms with Crippen LogP contribution in [-0.4, -0.2) is 38.0 Å². The van der Waals surface area contributed by atoms with Crippen molar-refractivity contribution in [3.05, 3.63) is 96.1 Å². The highest BCUT2D eigenvalue weighted by Crippen LogP contribution is 2.20. The molecule has 0 unspecified atom stereocenters.